The van der Waals surface area contributed by atoms with Crippen molar-refractivity contribution in [1.29, 1.82) is 0 Å². The van der Waals surface area contributed by atoms with Crippen LogP contribution in [0.1, 0.15) is 11.1 Å². The van der Waals surface area contributed by atoms with Crippen LogP contribution in [0.4, 0.5) is 0 Å². The van der Waals surface area contributed by atoms with Gasteiger partial charge in [-0.15, -0.1) is 0 Å². The number of rotatable bonds is 4. The molecule has 3 aromatic rings. The SMILES string of the molecule is NC(=O)C(O)(c1ccccc1)c1ccc(-c2ccsc2)cc1. The molecule has 0 aliphatic heterocycles. The highest BCUT2D eigenvalue weighted by atomic mass is 32.1. The highest BCUT2D eigenvalue weighted by Gasteiger charge is 2.37. The molecule has 0 saturated heterocycles. The van der Waals surface area contributed by atoms with E-state index in [0.717, 1.165) is 11.1 Å². The molecule has 0 radical (unpaired) electrons. The first-order valence-corrected chi connectivity index (χ1v) is 7.77. The van der Waals surface area contributed by atoms with Gasteiger partial charge in [-0.25, -0.2) is 0 Å². The smallest absolute Gasteiger partial charge is 0.258 e. The highest BCUT2D eigenvalue weighted by Crippen LogP contribution is 2.31. The Balaban J connectivity index is 2.05. The molecule has 3 N–H and O–H groups in total. The average molecular weight is 309 g/mol. The van der Waals surface area contributed by atoms with Crippen molar-refractivity contribution in [2.24, 2.45) is 5.73 Å². The van der Waals surface area contributed by atoms with Gasteiger partial charge in [-0.05, 0) is 39.1 Å². The van der Waals surface area contributed by atoms with Crippen molar-refractivity contribution in [1.82, 2.24) is 0 Å². The van der Waals surface area contributed by atoms with Crippen LogP contribution in [0.3, 0.4) is 0 Å². The molecule has 1 aromatic heterocycles. The second-order valence-electron chi connectivity index (χ2n) is 5.03. The molecule has 0 bridgehead atoms. The fourth-order valence-corrected chi connectivity index (χ4v) is 3.13. The molecule has 1 heterocycles. The largest absolute Gasteiger partial charge is 0.372 e. The Morgan fingerprint density at radius 2 is 1.55 bits per heavy atom. The number of amides is 1. The van der Waals surface area contributed by atoms with Crippen LogP contribution in [-0.2, 0) is 10.4 Å². The maximum atomic E-state index is 11.9. The van der Waals surface area contributed by atoms with E-state index >= 15 is 0 Å². The summed E-state index contributed by atoms with van der Waals surface area (Å²) in [5.74, 6) is -0.790. The molecule has 0 saturated carbocycles. The highest BCUT2D eigenvalue weighted by molar-refractivity contribution is 7.08. The van der Waals surface area contributed by atoms with E-state index in [1.807, 2.05) is 35.0 Å². The van der Waals surface area contributed by atoms with E-state index < -0.39 is 11.5 Å². The zero-order valence-corrected chi connectivity index (χ0v) is 12.6. The minimum Gasteiger partial charge on any atom is -0.372 e. The van der Waals surface area contributed by atoms with Gasteiger partial charge < -0.3 is 10.8 Å². The van der Waals surface area contributed by atoms with Gasteiger partial charge in [0.1, 0.15) is 0 Å². The van der Waals surface area contributed by atoms with E-state index in [4.69, 9.17) is 5.73 Å². The van der Waals surface area contributed by atoms with E-state index in [1.54, 1.807) is 47.7 Å². The Morgan fingerprint density at radius 3 is 2.09 bits per heavy atom. The van der Waals surface area contributed by atoms with Crippen molar-refractivity contribution in [2.45, 2.75) is 5.60 Å². The minimum atomic E-state index is -1.82. The van der Waals surface area contributed by atoms with E-state index in [-0.39, 0.29) is 0 Å². The number of carbonyl (C=O) groups excluding carboxylic acids is 1. The normalized spacial score (nSPS) is 13.5. The lowest BCUT2D eigenvalue weighted by atomic mass is 9.85. The molecule has 3 rings (SSSR count). The molecule has 0 aliphatic rings. The summed E-state index contributed by atoms with van der Waals surface area (Å²) in [5.41, 5.74) is 6.72. The Hall–Kier alpha value is -2.43. The second kappa shape index (κ2) is 5.75. The molecule has 1 amide bonds. The zero-order valence-electron chi connectivity index (χ0n) is 11.8. The molecule has 0 aliphatic carbocycles. The van der Waals surface area contributed by atoms with Crippen molar-refractivity contribution in [3.8, 4) is 11.1 Å². The van der Waals surface area contributed by atoms with Gasteiger partial charge >= 0.3 is 0 Å². The molecular weight excluding hydrogens is 294 g/mol. The first-order valence-electron chi connectivity index (χ1n) is 6.83. The number of carbonyl (C=O) groups is 1. The first-order chi connectivity index (χ1) is 10.6. The monoisotopic (exact) mass is 309 g/mol. The summed E-state index contributed by atoms with van der Waals surface area (Å²) in [5, 5.41) is 14.9. The number of thiophene rings is 1. The van der Waals surface area contributed by atoms with E-state index in [2.05, 4.69) is 0 Å². The minimum absolute atomic E-state index is 0.463. The summed E-state index contributed by atoms with van der Waals surface area (Å²) in [6.45, 7) is 0. The van der Waals surface area contributed by atoms with Crippen molar-refractivity contribution >= 4 is 17.2 Å². The van der Waals surface area contributed by atoms with Gasteiger partial charge in [-0.2, -0.15) is 11.3 Å². The maximum Gasteiger partial charge on any atom is 0.258 e. The predicted octanol–water partition coefficient (Wildman–Crippen LogP) is 3.14. The first kappa shape index (κ1) is 14.5. The van der Waals surface area contributed by atoms with Crippen LogP contribution < -0.4 is 5.73 Å². The number of primary amides is 1. The molecular formula is C18H15NO2S. The summed E-state index contributed by atoms with van der Waals surface area (Å²) in [4.78, 5) is 11.9. The standard InChI is InChI=1S/C18H15NO2S/c19-17(20)18(21,15-4-2-1-3-5-15)16-8-6-13(7-9-16)14-10-11-22-12-14/h1-12,21H,(H2,19,20). The maximum absolute atomic E-state index is 11.9. The van der Waals surface area contributed by atoms with Crippen molar-refractivity contribution in [2.75, 3.05) is 0 Å². The fourth-order valence-electron chi connectivity index (χ4n) is 2.46. The molecule has 1 unspecified atom stereocenters. The van der Waals surface area contributed by atoms with Crippen LogP contribution >= 0.6 is 11.3 Å². The number of hydrogen-bond donors (Lipinski definition) is 2. The average Bonchev–Trinajstić information content (AvgIpc) is 3.09. The van der Waals surface area contributed by atoms with Crippen molar-refractivity contribution in [3.63, 3.8) is 0 Å². The molecule has 4 heteroatoms. The topological polar surface area (TPSA) is 63.3 Å². The third-order valence-electron chi connectivity index (χ3n) is 3.71. The Kier molecular flexibility index (Phi) is 3.79. The van der Waals surface area contributed by atoms with Crippen LogP contribution in [0.25, 0.3) is 11.1 Å². The number of hydrogen-bond acceptors (Lipinski definition) is 3. The van der Waals surface area contributed by atoms with Gasteiger partial charge in [-0.3, -0.25) is 4.79 Å². The van der Waals surface area contributed by atoms with E-state index in [0.29, 0.717) is 11.1 Å². The van der Waals surface area contributed by atoms with Crippen LogP contribution in [-0.4, -0.2) is 11.0 Å². The van der Waals surface area contributed by atoms with Crippen molar-refractivity contribution < 1.29 is 9.90 Å². The number of aliphatic hydroxyl groups is 1. The Bertz CT molecular complexity index is 767. The summed E-state index contributed by atoms with van der Waals surface area (Å²) < 4.78 is 0. The van der Waals surface area contributed by atoms with E-state index in [9.17, 15) is 9.90 Å². The zero-order chi connectivity index (χ0) is 15.6. The predicted molar refractivity (Wildman–Crippen MR) is 88.4 cm³/mol. The summed E-state index contributed by atoms with van der Waals surface area (Å²) >= 11 is 1.62. The molecule has 0 fully saturated rings. The van der Waals surface area contributed by atoms with Crippen molar-refractivity contribution in [3.05, 3.63) is 82.6 Å². The molecule has 1 atom stereocenters. The lowest BCUT2D eigenvalue weighted by molar-refractivity contribution is -0.133. The van der Waals surface area contributed by atoms with Crippen LogP contribution in [0, 0.1) is 0 Å². The fraction of sp³-hybridized carbons (Fsp3) is 0.0556. The van der Waals surface area contributed by atoms with Gasteiger partial charge in [0, 0.05) is 0 Å². The number of nitrogens with two attached hydrogens (primary N) is 1. The summed E-state index contributed by atoms with van der Waals surface area (Å²) in [7, 11) is 0. The molecule has 3 nitrogen and oxygen atoms in total. The quantitative estimate of drug-likeness (QED) is 0.777. The number of benzene rings is 2. The van der Waals surface area contributed by atoms with E-state index in [1.165, 1.54) is 0 Å². The van der Waals surface area contributed by atoms with Crippen LogP contribution in [0.2, 0.25) is 0 Å². The van der Waals surface area contributed by atoms with Gasteiger partial charge in [0.25, 0.3) is 5.91 Å². The van der Waals surface area contributed by atoms with Gasteiger partial charge in [0.2, 0.25) is 0 Å². The lowest BCUT2D eigenvalue weighted by Gasteiger charge is -2.25. The van der Waals surface area contributed by atoms with Crippen LogP contribution in [0.5, 0.6) is 0 Å². The molecule has 2 aromatic carbocycles. The second-order valence-corrected chi connectivity index (χ2v) is 5.81. The molecule has 22 heavy (non-hydrogen) atoms. The third-order valence-corrected chi connectivity index (χ3v) is 4.39. The summed E-state index contributed by atoms with van der Waals surface area (Å²) in [6.07, 6.45) is 0. The summed E-state index contributed by atoms with van der Waals surface area (Å²) in [6, 6.07) is 18.0. The Labute approximate surface area is 132 Å². The molecule has 0 spiro atoms. The van der Waals surface area contributed by atoms with Gasteiger partial charge in [0.05, 0.1) is 0 Å². The van der Waals surface area contributed by atoms with Gasteiger partial charge in [0.15, 0.2) is 5.60 Å². The van der Waals surface area contributed by atoms with Gasteiger partial charge in [-0.1, -0.05) is 54.6 Å². The van der Waals surface area contributed by atoms with Crippen LogP contribution in [0.15, 0.2) is 71.4 Å². The molecule has 110 valence electrons. The third kappa shape index (κ3) is 2.43. The lowest BCUT2D eigenvalue weighted by Crippen LogP contribution is -2.42. The Morgan fingerprint density at radius 1 is 0.909 bits per heavy atom.